The van der Waals surface area contributed by atoms with Crippen LogP contribution in [0.3, 0.4) is 0 Å². The number of likely N-dealkylation sites (tertiary alicyclic amines) is 1. The summed E-state index contributed by atoms with van der Waals surface area (Å²) in [4.78, 5) is 22.9. The van der Waals surface area contributed by atoms with Crippen molar-refractivity contribution in [3.63, 3.8) is 0 Å². The molecule has 0 saturated carbocycles. The van der Waals surface area contributed by atoms with Crippen LogP contribution in [-0.2, 0) is 14.3 Å². The van der Waals surface area contributed by atoms with Gasteiger partial charge in [-0.1, -0.05) is 0 Å². The zero-order valence-corrected chi connectivity index (χ0v) is 21.2. The van der Waals surface area contributed by atoms with Gasteiger partial charge in [-0.05, 0) is 19.3 Å². The highest BCUT2D eigenvalue weighted by Crippen LogP contribution is 2.10. The molecule has 0 bridgehead atoms. The van der Waals surface area contributed by atoms with Crippen molar-refractivity contribution in [2.75, 3.05) is 93.4 Å². The molecule has 0 aliphatic carbocycles. The monoisotopic (exact) mass is 540 g/mol. The fraction of sp³-hybridized carbons (Fsp3) is 0.900. The van der Waals surface area contributed by atoms with Crippen LogP contribution in [0.15, 0.2) is 4.99 Å². The van der Waals surface area contributed by atoms with Gasteiger partial charge in [0.15, 0.2) is 5.96 Å². The highest BCUT2D eigenvalue weighted by atomic mass is 127. The smallest absolute Gasteiger partial charge is 0.243 e. The van der Waals surface area contributed by atoms with Crippen LogP contribution in [0.1, 0.15) is 19.3 Å². The number of hydrogen-bond acceptors (Lipinski definition) is 6. The molecule has 0 radical (unpaired) electrons. The van der Waals surface area contributed by atoms with Gasteiger partial charge in [0.1, 0.15) is 6.54 Å². The molecule has 0 atom stereocenters. The molecule has 2 heterocycles. The fourth-order valence-corrected chi connectivity index (χ4v) is 3.52. The molecule has 2 N–H and O–H groups in total. The number of nitrogens with one attached hydrogen (secondary N) is 2. The molecule has 0 unspecified atom stereocenters. The van der Waals surface area contributed by atoms with E-state index in [0.717, 1.165) is 90.9 Å². The Hall–Kier alpha value is -0.690. The zero-order valence-electron chi connectivity index (χ0n) is 18.9. The second-order valence-electron chi connectivity index (χ2n) is 7.94. The van der Waals surface area contributed by atoms with Crippen LogP contribution in [0, 0.1) is 0 Å². The molecule has 2 aliphatic heterocycles. The summed E-state index contributed by atoms with van der Waals surface area (Å²) in [7, 11) is 5.27. The molecule has 176 valence electrons. The summed E-state index contributed by atoms with van der Waals surface area (Å²) < 4.78 is 10.5. The minimum atomic E-state index is 0. The molecule has 2 rings (SSSR count). The average Bonchev–Trinajstić information content (AvgIpc) is 2.73. The predicted octanol–water partition coefficient (Wildman–Crippen LogP) is 0.0609. The topological polar surface area (TPSA) is 81.7 Å². The van der Waals surface area contributed by atoms with Crippen molar-refractivity contribution in [2.24, 2.45) is 4.99 Å². The number of aliphatic imine (C=N–C) groups is 1. The number of ether oxygens (including phenoxy) is 2. The number of piperidine rings is 1. The number of guanidine groups is 1. The van der Waals surface area contributed by atoms with Crippen LogP contribution in [0.25, 0.3) is 0 Å². The summed E-state index contributed by atoms with van der Waals surface area (Å²) in [5.41, 5.74) is 0. The third-order valence-corrected chi connectivity index (χ3v) is 5.45. The van der Waals surface area contributed by atoms with Crippen LogP contribution in [0.4, 0.5) is 0 Å². The number of nitrogens with zero attached hydrogens (tertiary/aromatic N) is 4. The quantitative estimate of drug-likeness (QED) is 0.176. The van der Waals surface area contributed by atoms with Crippen molar-refractivity contribution in [2.45, 2.75) is 25.3 Å². The van der Waals surface area contributed by atoms with E-state index in [1.807, 2.05) is 0 Å². The Kier molecular flexibility index (Phi) is 14.6. The average molecular weight is 540 g/mol. The second kappa shape index (κ2) is 16.0. The number of carbonyl (C=O) groups is 1. The van der Waals surface area contributed by atoms with Gasteiger partial charge >= 0.3 is 0 Å². The van der Waals surface area contributed by atoms with Gasteiger partial charge in [-0.2, -0.15) is 0 Å². The van der Waals surface area contributed by atoms with E-state index in [1.165, 1.54) is 0 Å². The van der Waals surface area contributed by atoms with Gasteiger partial charge in [-0.3, -0.25) is 9.69 Å². The maximum atomic E-state index is 12.0. The van der Waals surface area contributed by atoms with E-state index in [-0.39, 0.29) is 36.4 Å². The number of rotatable bonds is 10. The van der Waals surface area contributed by atoms with Crippen molar-refractivity contribution in [3.05, 3.63) is 0 Å². The Bertz CT molecular complexity index is 495. The number of hydrogen-bond donors (Lipinski definition) is 2. The summed E-state index contributed by atoms with van der Waals surface area (Å²) in [6.45, 7) is 9.55. The third kappa shape index (κ3) is 11.1. The highest BCUT2D eigenvalue weighted by molar-refractivity contribution is 14.0. The number of carbonyl (C=O) groups excluding carboxylic acids is 1. The lowest BCUT2D eigenvalue weighted by Gasteiger charge is -2.33. The number of morpholine rings is 1. The second-order valence-corrected chi connectivity index (χ2v) is 7.94. The molecule has 0 aromatic heterocycles. The minimum absolute atomic E-state index is 0. The molecule has 2 saturated heterocycles. The number of methoxy groups -OCH3 is 1. The lowest BCUT2D eigenvalue weighted by atomic mass is 10.1. The van der Waals surface area contributed by atoms with E-state index >= 15 is 0 Å². The molecule has 1 amide bonds. The number of halogens is 1. The molecule has 0 aromatic carbocycles. The molecule has 9 nitrogen and oxygen atoms in total. The van der Waals surface area contributed by atoms with Gasteiger partial charge in [-0.15, -0.1) is 24.0 Å². The minimum Gasteiger partial charge on any atom is -0.385 e. The molecule has 2 fully saturated rings. The Morgan fingerprint density at radius 3 is 2.43 bits per heavy atom. The molecular weight excluding hydrogens is 499 g/mol. The Labute approximate surface area is 198 Å². The molecule has 10 heteroatoms. The van der Waals surface area contributed by atoms with E-state index in [9.17, 15) is 4.79 Å². The van der Waals surface area contributed by atoms with Crippen LogP contribution in [-0.4, -0.2) is 126 Å². The maximum absolute atomic E-state index is 12.0. The van der Waals surface area contributed by atoms with E-state index in [1.54, 1.807) is 26.1 Å². The van der Waals surface area contributed by atoms with Crippen molar-refractivity contribution in [3.8, 4) is 0 Å². The Morgan fingerprint density at radius 1 is 1.13 bits per heavy atom. The normalized spacial score (nSPS) is 19.2. The van der Waals surface area contributed by atoms with Gasteiger partial charge in [0.25, 0.3) is 0 Å². The summed E-state index contributed by atoms with van der Waals surface area (Å²) in [5.74, 6) is 0.749. The predicted molar refractivity (Wildman–Crippen MR) is 131 cm³/mol. The van der Waals surface area contributed by atoms with Crippen LogP contribution < -0.4 is 10.6 Å². The summed E-state index contributed by atoms with van der Waals surface area (Å²) in [6, 6.07) is 0.387. The SMILES string of the molecule is COCCCN1CCC(NC(=NCC(=O)N(C)C)NCCN2CCOCC2)CC1.I. The van der Waals surface area contributed by atoms with Crippen LogP contribution >= 0.6 is 24.0 Å². The number of likely N-dealkylation sites (N-methyl/N-ethyl adjacent to an activating group) is 1. The molecular formula is C20H41IN6O3. The van der Waals surface area contributed by atoms with Crippen LogP contribution in [0.2, 0.25) is 0 Å². The van der Waals surface area contributed by atoms with Gasteiger partial charge in [-0.25, -0.2) is 4.99 Å². The first-order valence-corrected chi connectivity index (χ1v) is 10.8. The Balaban J connectivity index is 0.00000450. The first-order valence-electron chi connectivity index (χ1n) is 10.8. The largest absolute Gasteiger partial charge is 0.385 e. The molecule has 0 aromatic rings. The first-order chi connectivity index (χ1) is 14.1. The van der Waals surface area contributed by atoms with Crippen molar-refractivity contribution >= 4 is 35.8 Å². The lowest BCUT2D eigenvalue weighted by Crippen LogP contribution is -2.50. The van der Waals surface area contributed by atoms with Gasteiger partial charge in [0.2, 0.25) is 5.91 Å². The molecule has 2 aliphatic rings. The van der Waals surface area contributed by atoms with Gasteiger partial charge in [0.05, 0.1) is 13.2 Å². The standard InChI is InChI=1S/C20H40N6O3.HI/c1-24(2)19(27)17-22-20(21-7-11-26-12-15-29-16-13-26)23-18-5-9-25(10-6-18)8-4-14-28-3;/h18H,4-17H2,1-3H3,(H2,21,22,23);1H. The first kappa shape index (κ1) is 27.3. The van der Waals surface area contributed by atoms with E-state index in [4.69, 9.17) is 9.47 Å². The van der Waals surface area contributed by atoms with Crippen molar-refractivity contribution in [1.82, 2.24) is 25.3 Å². The third-order valence-electron chi connectivity index (χ3n) is 5.45. The molecule has 0 spiro atoms. The zero-order chi connectivity index (χ0) is 20.9. The summed E-state index contributed by atoms with van der Waals surface area (Å²) >= 11 is 0. The highest BCUT2D eigenvalue weighted by Gasteiger charge is 2.20. The van der Waals surface area contributed by atoms with Crippen molar-refractivity contribution in [1.29, 1.82) is 0 Å². The molecule has 30 heavy (non-hydrogen) atoms. The summed E-state index contributed by atoms with van der Waals surface area (Å²) in [6.07, 6.45) is 3.24. The van der Waals surface area contributed by atoms with Gasteiger partial charge < -0.3 is 29.9 Å². The van der Waals surface area contributed by atoms with E-state index in [0.29, 0.717) is 6.04 Å². The number of amides is 1. The van der Waals surface area contributed by atoms with Crippen LogP contribution in [0.5, 0.6) is 0 Å². The van der Waals surface area contributed by atoms with Gasteiger partial charge in [0, 0.05) is 79.7 Å². The Morgan fingerprint density at radius 2 is 1.80 bits per heavy atom. The lowest BCUT2D eigenvalue weighted by molar-refractivity contribution is -0.127. The van der Waals surface area contributed by atoms with Crippen molar-refractivity contribution < 1.29 is 14.3 Å². The van der Waals surface area contributed by atoms with E-state index < -0.39 is 0 Å². The van der Waals surface area contributed by atoms with E-state index in [2.05, 4.69) is 25.4 Å². The fourth-order valence-electron chi connectivity index (χ4n) is 3.52. The summed E-state index contributed by atoms with van der Waals surface area (Å²) in [5, 5.41) is 6.97. The maximum Gasteiger partial charge on any atom is 0.243 e.